The maximum atomic E-state index is 13.8. The second-order valence-electron chi connectivity index (χ2n) is 6.49. The second-order valence-corrected chi connectivity index (χ2v) is 7.75. The Bertz CT molecular complexity index is 804. The minimum absolute atomic E-state index is 0.00306. The predicted octanol–water partition coefficient (Wildman–Crippen LogP) is 2.92. The molecule has 0 spiro atoms. The van der Waals surface area contributed by atoms with Crippen LogP contribution in [0.2, 0.25) is 0 Å². The summed E-state index contributed by atoms with van der Waals surface area (Å²) < 4.78 is 28.4. The molecule has 0 bridgehead atoms. The van der Waals surface area contributed by atoms with Crippen molar-refractivity contribution < 1.29 is 18.3 Å². The number of nitrogens with zero attached hydrogens (tertiary/aromatic N) is 2. The highest BCUT2D eigenvalue weighted by Crippen LogP contribution is 2.54. The molecule has 1 saturated carbocycles. The van der Waals surface area contributed by atoms with Crippen LogP contribution in [0.25, 0.3) is 0 Å². The number of hydrogen-bond acceptors (Lipinski definition) is 5. The Balaban J connectivity index is 0.000000215. The van der Waals surface area contributed by atoms with E-state index in [1.54, 1.807) is 28.8 Å². The summed E-state index contributed by atoms with van der Waals surface area (Å²) in [6.07, 6.45) is 7.73. The van der Waals surface area contributed by atoms with Gasteiger partial charge in [-0.1, -0.05) is 24.3 Å². The maximum Gasteiger partial charge on any atom is 0.246 e. The Kier molecular flexibility index (Phi) is 8.68. The van der Waals surface area contributed by atoms with Gasteiger partial charge in [0.15, 0.2) is 5.17 Å². The summed E-state index contributed by atoms with van der Waals surface area (Å²) in [7, 11) is 0.500. The summed E-state index contributed by atoms with van der Waals surface area (Å²) in [5.74, 6) is 2.69. The molecule has 2 N–H and O–H groups in total. The van der Waals surface area contributed by atoms with Gasteiger partial charge in [0.25, 0.3) is 0 Å². The summed E-state index contributed by atoms with van der Waals surface area (Å²) in [4.78, 5) is 17.0. The molecule has 29 heavy (non-hydrogen) atoms. The molecule has 2 fully saturated rings. The number of terminal acetylenes is 1. The van der Waals surface area contributed by atoms with E-state index in [0.29, 0.717) is 60.9 Å². The standard InChI is InChI=1S/C13H11FN2S.C7H11NO2.CH3F/c1-2-7-3-4-10(14)8(5-7)12-9-6-11(9)17-13(15)16-12;1-2-7(9)8-3-5-10-6-4-8;1-2/h1,3-5,9,11-12H,6H2,(H2,15,16);2H,1,3-6H2;1H3. The number of carbonyl (C=O) groups is 1. The average molecular weight is 422 g/mol. The van der Waals surface area contributed by atoms with Gasteiger partial charge in [-0.3, -0.25) is 14.2 Å². The molecule has 8 heteroatoms. The number of morpholine rings is 1. The first-order chi connectivity index (χ1) is 14.0. The van der Waals surface area contributed by atoms with Gasteiger partial charge < -0.3 is 15.4 Å². The Labute approximate surface area is 174 Å². The fraction of sp³-hybridized carbons (Fsp3) is 0.429. The molecule has 156 valence electrons. The van der Waals surface area contributed by atoms with E-state index in [-0.39, 0.29) is 17.8 Å². The van der Waals surface area contributed by atoms with Crippen LogP contribution < -0.4 is 5.73 Å². The average Bonchev–Trinajstić information content (AvgIpc) is 3.55. The van der Waals surface area contributed by atoms with Gasteiger partial charge in [-0.25, -0.2) is 4.39 Å². The molecule has 1 aromatic rings. The maximum absolute atomic E-state index is 13.8. The van der Waals surface area contributed by atoms with Crippen LogP contribution in [0.1, 0.15) is 23.6 Å². The number of ether oxygens (including phenoxy) is 1. The van der Waals surface area contributed by atoms with Crippen molar-refractivity contribution in [3.8, 4) is 12.3 Å². The van der Waals surface area contributed by atoms with Gasteiger partial charge >= 0.3 is 0 Å². The zero-order valence-corrected chi connectivity index (χ0v) is 17.1. The molecule has 0 aromatic heterocycles. The monoisotopic (exact) mass is 421 g/mol. The number of amidine groups is 1. The smallest absolute Gasteiger partial charge is 0.246 e. The van der Waals surface area contributed by atoms with Gasteiger partial charge in [-0.05, 0) is 36.6 Å². The zero-order valence-electron chi connectivity index (χ0n) is 16.3. The van der Waals surface area contributed by atoms with Crippen molar-refractivity contribution in [1.82, 2.24) is 4.90 Å². The first kappa shape index (κ1) is 22.9. The fourth-order valence-corrected chi connectivity index (χ4v) is 4.28. The van der Waals surface area contributed by atoms with Crippen LogP contribution in [-0.2, 0) is 9.53 Å². The van der Waals surface area contributed by atoms with Gasteiger partial charge in [0.1, 0.15) is 5.82 Å². The Morgan fingerprint density at radius 3 is 2.76 bits per heavy atom. The van der Waals surface area contributed by atoms with E-state index in [1.807, 2.05) is 0 Å². The van der Waals surface area contributed by atoms with Crippen LogP contribution in [0.3, 0.4) is 0 Å². The van der Waals surface area contributed by atoms with E-state index >= 15 is 0 Å². The third-order valence-corrected chi connectivity index (χ3v) is 5.89. The third kappa shape index (κ3) is 6.05. The highest BCUT2D eigenvalue weighted by molar-refractivity contribution is 8.14. The molecule has 5 nitrogen and oxygen atoms in total. The zero-order chi connectivity index (χ0) is 21.4. The summed E-state index contributed by atoms with van der Waals surface area (Å²) >= 11 is 1.59. The van der Waals surface area contributed by atoms with E-state index in [0.717, 1.165) is 6.42 Å². The van der Waals surface area contributed by atoms with Crippen molar-refractivity contribution in [2.75, 3.05) is 33.5 Å². The largest absolute Gasteiger partial charge is 0.379 e. The number of carbonyl (C=O) groups excluding carboxylic acids is 1. The molecule has 4 rings (SSSR count). The number of benzene rings is 1. The number of rotatable bonds is 2. The molecule has 3 unspecified atom stereocenters. The van der Waals surface area contributed by atoms with Crippen LogP contribution >= 0.6 is 11.8 Å². The Morgan fingerprint density at radius 1 is 1.45 bits per heavy atom. The van der Waals surface area contributed by atoms with Gasteiger partial charge in [0.05, 0.1) is 26.4 Å². The molecule has 1 saturated heterocycles. The van der Waals surface area contributed by atoms with Gasteiger partial charge in [0, 0.05) is 29.5 Å². The van der Waals surface area contributed by atoms with E-state index in [4.69, 9.17) is 16.9 Å². The Hall–Kier alpha value is -2.37. The van der Waals surface area contributed by atoms with E-state index in [9.17, 15) is 13.6 Å². The number of halogens is 2. The van der Waals surface area contributed by atoms with E-state index in [2.05, 4.69) is 17.5 Å². The summed E-state index contributed by atoms with van der Waals surface area (Å²) in [6.45, 7) is 6.11. The predicted molar refractivity (Wildman–Crippen MR) is 113 cm³/mol. The normalized spacial score (nSPS) is 24.3. The minimum Gasteiger partial charge on any atom is -0.379 e. The first-order valence-corrected chi connectivity index (χ1v) is 10.0. The molecule has 2 heterocycles. The lowest BCUT2D eigenvalue weighted by atomic mass is 10.00. The Morgan fingerprint density at radius 2 is 2.14 bits per heavy atom. The molecule has 3 aliphatic rings. The van der Waals surface area contributed by atoms with Crippen molar-refractivity contribution in [3.05, 3.63) is 47.8 Å². The lowest BCUT2D eigenvalue weighted by molar-refractivity contribution is -0.129. The number of aliphatic imine (C=N–C) groups is 1. The number of amides is 1. The molecular formula is C21H25F2N3O2S. The molecular weight excluding hydrogens is 396 g/mol. The second kappa shape index (κ2) is 11.0. The van der Waals surface area contributed by atoms with Crippen molar-refractivity contribution in [1.29, 1.82) is 0 Å². The summed E-state index contributed by atoms with van der Waals surface area (Å²) in [5.41, 5.74) is 7.02. The van der Waals surface area contributed by atoms with Crippen LogP contribution in [0.4, 0.5) is 8.78 Å². The van der Waals surface area contributed by atoms with E-state index in [1.165, 1.54) is 12.1 Å². The highest BCUT2D eigenvalue weighted by Gasteiger charge is 2.48. The van der Waals surface area contributed by atoms with Crippen molar-refractivity contribution in [2.24, 2.45) is 16.6 Å². The van der Waals surface area contributed by atoms with Crippen LogP contribution in [0, 0.1) is 24.1 Å². The van der Waals surface area contributed by atoms with Gasteiger partial charge in [0.2, 0.25) is 5.91 Å². The van der Waals surface area contributed by atoms with Crippen LogP contribution in [0.5, 0.6) is 0 Å². The summed E-state index contributed by atoms with van der Waals surface area (Å²) in [6, 6.07) is 4.57. The van der Waals surface area contributed by atoms with Crippen molar-refractivity contribution >= 4 is 22.8 Å². The van der Waals surface area contributed by atoms with E-state index < -0.39 is 0 Å². The lowest BCUT2D eigenvalue weighted by Crippen LogP contribution is -2.39. The lowest BCUT2D eigenvalue weighted by Gasteiger charge is -2.25. The quantitative estimate of drug-likeness (QED) is 0.589. The number of alkyl halides is 1. The van der Waals surface area contributed by atoms with Gasteiger partial charge in [-0.2, -0.15) is 0 Å². The molecule has 1 aliphatic carbocycles. The fourth-order valence-electron chi connectivity index (χ4n) is 3.15. The summed E-state index contributed by atoms with van der Waals surface area (Å²) in [5, 5.41) is 1.06. The molecule has 0 radical (unpaired) electrons. The number of hydrogen-bond donors (Lipinski definition) is 1. The third-order valence-electron chi connectivity index (χ3n) is 4.70. The topological polar surface area (TPSA) is 67.9 Å². The van der Waals surface area contributed by atoms with Crippen molar-refractivity contribution in [3.63, 3.8) is 0 Å². The molecule has 2 aliphatic heterocycles. The highest BCUT2D eigenvalue weighted by atomic mass is 32.2. The number of thioether (sulfide) groups is 1. The molecule has 1 amide bonds. The van der Waals surface area contributed by atoms with Crippen LogP contribution in [0.15, 0.2) is 35.8 Å². The van der Waals surface area contributed by atoms with Crippen LogP contribution in [-0.4, -0.2) is 54.7 Å². The number of fused-ring (bicyclic) bond motifs is 1. The molecule has 1 aromatic carbocycles. The first-order valence-electron chi connectivity index (χ1n) is 9.16. The van der Waals surface area contributed by atoms with Crippen molar-refractivity contribution in [2.45, 2.75) is 17.7 Å². The SMILES string of the molecule is C#Cc1ccc(F)c(C2N=C(N)SC3CC32)c1.C=CC(=O)N1CCOCC1.CF. The number of nitrogens with two attached hydrogens (primary N) is 1. The minimum atomic E-state index is -0.247. The molecule has 3 atom stereocenters. The van der Waals surface area contributed by atoms with Gasteiger partial charge in [-0.15, -0.1) is 6.42 Å².